The predicted octanol–water partition coefficient (Wildman–Crippen LogP) is 2.69. The van der Waals surface area contributed by atoms with E-state index in [-0.39, 0.29) is 10.5 Å². The van der Waals surface area contributed by atoms with Gasteiger partial charge in [0.25, 0.3) is 0 Å². The fourth-order valence-electron chi connectivity index (χ4n) is 0.357. The second-order valence-corrected chi connectivity index (χ2v) is 6.13. The van der Waals surface area contributed by atoms with Crippen LogP contribution in [0.5, 0.6) is 0 Å². The molecular weight excluding hydrogens is 296 g/mol. The maximum atomic E-state index is 5.19. The minimum atomic E-state index is 0.168. The van der Waals surface area contributed by atoms with Crippen LogP contribution >= 0.6 is 72.7 Å². The molecule has 14 heavy (non-hydrogen) atoms. The molecule has 0 bridgehead atoms. The minimum absolute atomic E-state index is 0.168. The molecule has 0 aromatic rings. The van der Waals surface area contributed by atoms with Gasteiger partial charge in [-0.15, -0.1) is 0 Å². The van der Waals surface area contributed by atoms with Gasteiger partial charge in [-0.3, -0.25) is 0 Å². The van der Waals surface area contributed by atoms with Gasteiger partial charge in [-0.25, -0.2) is 0 Å². The van der Waals surface area contributed by atoms with E-state index in [4.69, 9.17) is 8.37 Å². The molecule has 0 fully saturated rings. The molecule has 0 saturated carbocycles. The summed E-state index contributed by atoms with van der Waals surface area (Å²) in [5, 5.41) is 0.336. The van der Waals surface area contributed by atoms with E-state index >= 15 is 0 Å². The third-order valence-electron chi connectivity index (χ3n) is 1.07. The van der Waals surface area contributed by atoms with Crippen LogP contribution in [0.2, 0.25) is 0 Å². The van der Waals surface area contributed by atoms with Crippen molar-refractivity contribution in [2.24, 2.45) is 0 Å². The van der Waals surface area contributed by atoms with Crippen LogP contribution in [0, 0.1) is 0 Å². The van der Waals surface area contributed by atoms with E-state index < -0.39 is 0 Å². The SMILES string of the molecule is SCC(S)COSSOCC(S)CS. The van der Waals surface area contributed by atoms with Gasteiger partial charge < -0.3 is 8.37 Å². The predicted molar refractivity (Wildman–Crippen MR) is 80.3 cm³/mol. The Hall–Kier alpha value is 2.02. The van der Waals surface area contributed by atoms with Crippen molar-refractivity contribution in [1.29, 1.82) is 0 Å². The fourth-order valence-corrected chi connectivity index (χ4v) is 2.01. The summed E-state index contributed by atoms with van der Waals surface area (Å²) in [5.41, 5.74) is 0. The maximum Gasteiger partial charge on any atom is 0.0925 e. The highest BCUT2D eigenvalue weighted by atomic mass is 33.1. The topological polar surface area (TPSA) is 18.5 Å². The van der Waals surface area contributed by atoms with Gasteiger partial charge in [0.2, 0.25) is 0 Å². The van der Waals surface area contributed by atoms with E-state index in [1.54, 1.807) is 0 Å². The number of hydrogen-bond acceptors (Lipinski definition) is 8. The summed E-state index contributed by atoms with van der Waals surface area (Å²) in [6.07, 6.45) is 0. The highest BCUT2D eigenvalue weighted by Gasteiger charge is 2.03. The second-order valence-electron chi connectivity index (χ2n) is 2.38. The molecule has 0 aromatic heterocycles. The lowest BCUT2D eigenvalue weighted by atomic mass is 10.5. The second kappa shape index (κ2) is 11.5. The fraction of sp³-hybridized carbons (Fsp3) is 1.00. The molecular formula is C6H14O2S6. The largest absolute Gasteiger partial charge is 0.302 e. The molecule has 2 unspecified atom stereocenters. The number of hydrogen-bond donors (Lipinski definition) is 4. The van der Waals surface area contributed by atoms with Gasteiger partial charge >= 0.3 is 0 Å². The van der Waals surface area contributed by atoms with Crippen molar-refractivity contribution >= 4 is 72.7 Å². The van der Waals surface area contributed by atoms with Crippen molar-refractivity contribution in [3.8, 4) is 0 Å². The molecule has 8 heteroatoms. The Kier molecular flexibility index (Phi) is 13.2. The lowest BCUT2D eigenvalue weighted by Gasteiger charge is -2.07. The first-order chi connectivity index (χ1) is 6.70. The molecule has 0 aliphatic rings. The Morgan fingerprint density at radius 2 is 1.21 bits per heavy atom. The van der Waals surface area contributed by atoms with Gasteiger partial charge in [-0.2, -0.15) is 50.5 Å². The van der Waals surface area contributed by atoms with Gasteiger partial charge in [-0.05, 0) is 0 Å². The summed E-state index contributed by atoms with van der Waals surface area (Å²) in [5.74, 6) is 1.40. The number of thiol groups is 4. The standard InChI is InChI=1S/C6H14O2S6/c9-3-5(11)1-7-13-14-8-2-6(12)4-10/h5-6,9-12H,1-4H2. The first-order valence-electron chi connectivity index (χ1n) is 3.86. The zero-order valence-electron chi connectivity index (χ0n) is 7.40. The van der Waals surface area contributed by atoms with Crippen molar-refractivity contribution in [2.75, 3.05) is 24.7 Å². The van der Waals surface area contributed by atoms with E-state index in [1.165, 1.54) is 22.1 Å². The van der Waals surface area contributed by atoms with Crippen LogP contribution in [0.25, 0.3) is 0 Å². The van der Waals surface area contributed by atoms with Crippen LogP contribution in [-0.2, 0) is 8.37 Å². The van der Waals surface area contributed by atoms with Crippen LogP contribution in [0.15, 0.2) is 0 Å². The third-order valence-corrected chi connectivity index (χ3v) is 4.45. The molecule has 86 valence electrons. The zero-order chi connectivity index (χ0) is 10.8. The lowest BCUT2D eigenvalue weighted by Crippen LogP contribution is -2.08. The molecule has 2 atom stereocenters. The summed E-state index contributed by atoms with van der Waals surface area (Å²) < 4.78 is 10.4. The van der Waals surface area contributed by atoms with Crippen LogP contribution in [0.1, 0.15) is 0 Å². The van der Waals surface area contributed by atoms with Gasteiger partial charge in [-0.1, -0.05) is 0 Å². The van der Waals surface area contributed by atoms with Gasteiger partial charge in [0.1, 0.15) is 0 Å². The van der Waals surface area contributed by atoms with Crippen molar-refractivity contribution in [2.45, 2.75) is 10.5 Å². The average Bonchev–Trinajstić information content (AvgIpc) is 2.22. The van der Waals surface area contributed by atoms with Crippen molar-refractivity contribution < 1.29 is 8.37 Å². The van der Waals surface area contributed by atoms with Gasteiger partial charge in [0, 0.05) is 22.0 Å². The van der Waals surface area contributed by atoms with Gasteiger partial charge in [0.15, 0.2) is 0 Å². The molecule has 0 rings (SSSR count). The lowest BCUT2D eigenvalue weighted by molar-refractivity contribution is 0.374. The van der Waals surface area contributed by atoms with Crippen LogP contribution in [0.3, 0.4) is 0 Å². The molecule has 0 radical (unpaired) electrons. The molecule has 0 spiro atoms. The normalized spacial score (nSPS) is 15.4. The molecule has 0 aliphatic carbocycles. The molecule has 0 aliphatic heterocycles. The molecule has 0 amide bonds. The maximum absolute atomic E-state index is 5.19. The van der Waals surface area contributed by atoms with Gasteiger partial charge in [0.05, 0.1) is 35.4 Å². The van der Waals surface area contributed by atoms with E-state index in [0.717, 1.165) is 0 Å². The average molecular weight is 311 g/mol. The van der Waals surface area contributed by atoms with Crippen molar-refractivity contribution in [3.63, 3.8) is 0 Å². The smallest absolute Gasteiger partial charge is 0.0925 e. The van der Waals surface area contributed by atoms with Crippen molar-refractivity contribution in [1.82, 2.24) is 0 Å². The number of rotatable bonds is 9. The summed E-state index contributed by atoms with van der Waals surface area (Å²) in [6, 6.07) is 0. The Morgan fingerprint density at radius 1 is 0.857 bits per heavy atom. The molecule has 2 nitrogen and oxygen atoms in total. The Bertz CT molecular complexity index is 113. The van der Waals surface area contributed by atoms with E-state index in [0.29, 0.717) is 24.7 Å². The monoisotopic (exact) mass is 310 g/mol. The first-order valence-corrected chi connectivity index (χ1v) is 8.16. The van der Waals surface area contributed by atoms with Crippen LogP contribution in [-0.4, -0.2) is 35.2 Å². The van der Waals surface area contributed by atoms with E-state index in [9.17, 15) is 0 Å². The first kappa shape index (κ1) is 16.0. The Labute approximate surface area is 115 Å². The molecule has 0 heterocycles. The molecule has 0 N–H and O–H groups in total. The van der Waals surface area contributed by atoms with E-state index in [2.05, 4.69) is 50.5 Å². The summed E-state index contributed by atoms with van der Waals surface area (Å²) in [4.78, 5) is 0. The summed E-state index contributed by atoms with van der Waals surface area (Å²) >= 11 is 19.0. The summed E-state index contributed by atoms with van der Waals surface area (Å²) in [6.45, 7) is 1.12. The highest BCUT2D eigenvalue weighted by Crippen LogP contribution is 2.24. The van der Waals surface area contributed by atoms with E-state index in [1.807, 2.05) is 0 Å². The Morgan fingerprint density at radius 3 is 1.50 bits per heavy atom. The summed E-state index contributed by atoms with van der Waals surface area (Å²) in [7, 11) is 0. The minimum Gasteiger partial charge on any atom is -0.302 e. The highest BCUT2D eigenvalue weighted by molar-refractivity contribution is 8.73. The van der Waals surface area contributed by atoms with Crippen molar-refractivity contribution in [3.05, 3.63) is 0 Å². The Balaban J connectivity index is 3.06. The molecule has 0 aromatic carbocycles. The third kappa shape index (κ3) is 10.5. The quantitative estimate of drug-likeness (QED) is 0.227. The zero-order valence-corrected chi connectivity index (χ0v) is 12.6. The molecule has 0 saturated heterocycles. The van der Waals surface area contributed by atoms with Crippen LogP contribution < -0.4 is 0 Å². The van der Waals surface area contributed by atoms with Crippen LogP contribution in [0.4, 0.5) is 0 Å².